The zero-order chi connectivity index (χ0) is 28.0. The molecule has 2 unspecified atom stereocenters. The van der Waals surface area contributed by atoms with Gasteiger partial charge in [-0.2, -0.15) is 0 Å². The van der Waals surface area contributed by atoms with E-state index in [0.29, 0.717) is 6.42 Å². The smallest absolute Gasteiger partial charge is 0.220 e. The summed E-state index contributed by atoms with van der Waals surface area (Å²) in [5.41, 5.74) is 0. The van der Waals surface area contributed by atoms with Gasteiger partial charge >= 0.3 is 0 Å². The van der Waals surface area contributed by atoms with Crippen molar-refractivity contribution in [2.45, 2.75) is 108 Å². The quantitative estimate of drug-likeness (QED) is 0.102. The summed E-state index contributed by atoms with van der Waals surface area (Å²) in [6.07, 6.45) is 19.7. The summed E-state index contributed by atoms with van der Waals surface area (Å²) in [7, 11) is 0. The van der Waals surface area contributed by atoms with Crippen LogP contribution < -0.4 is 5.32 Å². The number of unbranched alkanes of at least 4 members (excludes halogenated alkanes) is 4. The molecule has 1 saturated heterocycles. The van der Waals surface area contributed by atoms with Crippen molar-refractivity contribution < 1.29 is 39.8 Å². The van der Waals surface area contributed by atoms with Crippen molar-refractivity contribution in [3.05, 3.63) is 48.6 Å². The highest BCUT2D eigenvalue weighted by atomic mass is 16.7. The molecule has 0 radical (unpaired) electrons. The van der Waals surface area contributed by atoms with Gasteiger partial charge in [0.1, 0.15) is 24.4 Å². The molecule has 0 spiro atoms. The van der Waals surface area contributed by atoms with Crippen molar-refractivity contribution >= 4 is 5.91 Å². The van der Waals surface area contributed by atoms with E-state index in [4.69, 9.17) is 9.47 Å². The van der Waals surface area contributed by atoms with Crippen molar-refractivity contribution in [3.63, 3.8) is 0 Å². The molecule has 1 fully saturated rings. The zero-order valence-corrected chi connectivity index (χ0v) is 22.7. The van der Waals surface area contributed by atoms with Gasteiger partial charge in [-0.25, -0.2) is 0 Å². The van der Waals surface area contributed by atoms with Crippen LogP contribution in [0.1, 0.15) is 71.1 Å². The second kappa shape index (κ2) is 22.0. The third-order valence-corrected chi connectivity index (χ3v) is 6.13. The Balaban J connectivity index is 2.14. The van der Waals surface area contributed by atoms with Gasteiger partial charge in [0.25, 0.3) is 0 Å². The average Bonchev–Trinajstić information content (AvgIpc) is 2.92. The Morgan fingerprint density at radius 3 is 1.97 bits per heavy atom. The van der Waals surface area contributed by atoms with Crippen molar-refractivity contribution in [3.8, 4) is 0 Å². The van der Waals surface area contributed by atoms with Crippen molar-refractivity contribution in [1.29, 1.82) is 0 Å². The lowest BCUT2D eigenvalue weighted by atomic mass is 9.99. The van der Waals surface area contributed by atoms with Crippen LogP contribution in [0.25, 0.3) is 0 Å². The van der Waals surface area contributed by atoms with Gasteiger partial charge < -0.3 is 40.3 Å². The number of aliphatic hydroxyl groups is 5. The van der Waals surface area contributed by atoms with Gasteiger partial charge in [-0.05, 0) is 44.9 Å². The van der Waals surface area contributed by atoms with Gasteiger partial charge in [-0.1, -0.05) is 68.4 Å². The molecule has 1 aliphatic rings. The number of hydrogen-bond acceptors (Lipinski definition) is 8. The van der Waals surface area contributed by atoms with Gasteiger partial charge in [0.05, 0.1) is 25.9 Å². The Hall–Kier alpha value is -1.85. The fraction of sp³-hybridized carbons (Fsp3) is 0.690. The predicted molar refractivity (Wildman–Crippen MR) is 147 cm³/mol. The van der Waals surface area contributed by atoms with Gasteiger partial charge in [-0.15, -0.1) is 0 Å². The summed E-state index contributed by atoms with van der Waals surface area (Å²) in [6.45, 7) is 1.08. The summed E-state index contributed by atoms with van der Waals surface area (Å²) in [5, 5.41) is 51.0. The molecule has 0 bridgehead atoms. The number of amides is 1. The van der Waals surface area contributed by atoms with Gasteiger partial charge in [0, 0.05) is 6.42 Å². The first-order valence-electron chi connectivity index (χ1n) is 13.9. The second-order valence-electron chi connectivity index (χ2n) is 9.46. The largest absolute Gasteiger partial charge is 0.394 e. The maximum Gasteiger partial charge on any atom is 0.220 e. The average molecular weight is 540 g/mol. The summed E-state index contributed by atoms with van der Waals surface area (Å²) in [4.78, 5) is 12.2. The maximum atomic E-state index is 12.2. The Labute approximate surface area is 227 Å². The minimum atomic E-state index is -1.55. The molecule has 9 nitrogen and oxygen atoms in total. The molecule has 218 valence electrons. The first-order valence-corrected chi connectivity index (χ1v) is 13.9. The Kier molecular flexibility index (Phi) is 19.8. The van der Waals surface area contributed by atoms with Crippen LogP contribution in [0.15, 0.2) is 48.6 Å². The highest BCUT2D eigenvalue weighted by Crippen LogP contribution is 2.22. The highest BCUT2D eigenvalue weighted by Gasteiger charge is 2.44. The lowest BCUT2D eigenvalue weighted by Crippen LogP contribution is -2.59. The predicted octanol–water partition coefficient (Wildman–Crippen LogP) is 2.43. The molecule has 1 rings (SSSR count). The van der Waals surface area contributed by atoms with E-state index in [2.05, 4.69) is 54.8 Å². The number of rotatable bonds is 20. The van der Waals surface area contributed by atoms with Crippen LogP contribution in [-0.4, -0.2) is 88.0 Å². The minimum absolute atomic E-state index is 0.178. The first kappa shape index (κ1) is 34.2. The molecule has 6 N–H and O–H groups in total. The second-order valence-corrected chi connectivity index (χ2v) is 9.46. The Bertz CT molecular complexity index is 721. The summed E-state index contributed by atoms with van der Waals surface area (Å²) >= 11 is 0. The van der Waals surface area contributed by atoms with Crippen LogP contribution in [0, 0.1) is 0 Å². The lowest BCUT2D eigenvalue weighted by molar-refractivity contribution is -0.302. The van der Waals surface area contributed by atoms with Crippen molar-refractivity contribution in [2.75, 3.05) is 19.8 Å². The first-order chi connectivity index (χ1) is 18.4. The third kappa shape index (κ3) is 14.9. The van der Waals surface area contributed by atoms with Crippen LogP contribution in [-0.2, 0) is 14.3 Å². The molecule has 1 amide bonds. The molecule has 0 aromatic heterocycles. The van der Waals surface area contributed by atoms with Crippen LogP contribution in [0.4, 0.5) is 0 Å². The van der Waals surface area contributed by atoms with E-state index < -0.39 is 43.4 Å². The topological polar surface area (TPSA) is 149 Å². The molecule has 0 aromatic rings. The molecule has 0 aliphatic carbocycles. The fourth-order valence-corrected chi connectivity index (χ4v) is 3.80. The molecule has 0 aromatic carbocycles. The van der Waals surface area contributed by atoms with E-state index in [1.54, 1.807) is 0 Å². The maximum absolute atomic E-state index is 12.2. The normalized spacial score (nSPS) is 25.3. The minimum Gasteiger partial charge on any atom is -0.394 e. The number of carbonyl (C=O) groups excluding carboxylic acids is 1. The summed E-state index contributed by atoms with van der Waals surface area (Å²) in [6, 6.07) is -0.730. The van der Waals surface area contributed by atoms with Crippen molar-refractivity contribution in [1.82, 2.24) is 5.32 Å². The molecular formula is C29H49NO8. The Morgan fingerprint density at radius 1 is 0.842 bits per heavy atom. The SMILES string of the molecule is CCCCCC=CCC=CCC=CCC=CCCCC(=O)N[C@H](CO)CO[C@H]1OC(CO)[C@H](O)[C@H](O)C1O. The van der Waals surface area contributed by atoms with E-state index in [1.165, 1.54) is 25.7 Å². The molecular weight excluding hydrogens is 490 g/mol. The fourth-order valence-electron chi connectivity index (χ4n) is 3.80. The van der Waals surface area contributed by atoms with E-state index >= 15 is 0 Å². The molecule has 9 heteroatoms. The molecule has 6 atom stereocenters. The van der Waals surface area contributed by atoms with E-state index in [-0.39, 0.29) is 25.5 Å². The number of carbonyl (C=O) groups is 1. The Morgan fingerprint density at radius 2 is 1.42 bits per heavy atom. The van der Waals surface area contributed by atoms with Crippen LogP contribution in [0.3, 0.4) is 0 Å². The number of hydrogen-bond donors (Lipinski definition) is 6. The van der Waals surface area contributed by atoms with Gasteiger partial charge in [-0.3, -0.25) is 4.79 Å². The standard InChI is InChI=1S/C29H49NO8/c1-2-3-4-5-6-7-8-9-10-11-12-13-14-15-16-17-18-19-25(33)30-23(20-31)22-37-29-28(36)27(35)26(34)24(21-32)38-29/h6-7,9-10,12-13,15-16,23-24,26-29,31-32,34-36H,2-5,8,11,14,17-22H2,1H3,(H,30,33)/t23-,24?,26+,27+,28?,29+/m1/s1. The van der Waals surface area contributed by atoms with E-state index in [1.807, 2.05) is 6.08 Å². The molecule has 0 saturated carbocycles. The highest BCUT2D eigenvalue weighted by molar-refractivity contribution is 5.76. The van der Waals surface area contributed by atoms with Crippen LogP contribution in [0.5, 0.6) is 0 Å². The summed E-state index contributed by atoms with van der Waals surface area (Å²) in [5.74, 6) is -0.239. The van der Waals surface area contributed by atoms with E-state index in [9.17, 15) is 30.3 Å². The third-order valence-electron chi connectivity index (χ3n) is 6.13. The molecule has 1 aliphatic heterocycles. The number of nitrogens with one attached hydrogen (secondary N) is 1. The number of aliphatic hydroxyl groups excluding tert-OH is 5. The lowest BCUT2D eigenvalue weighted by Gasteiger charge is -2.39. The molecule has 1 heterocycles. The monoisotopic (exact) mass is 539 g/mol. The van der Waals surface area contributed by atoms with Crippen LogP contribution in [0.2, 0.25) is 0 Å². The number of allylic oxidation sites excluding steroid dienone is 8. The van der Waals surface area contributed by atoms with Crippen molar-refractivity contribution in [2.24, 2.45) is 0 Å². The van der Waals surface area contributed by atoms with Gasteiger partial charge in [0.15, 0.2) is 6.29 Å². The zero-order valence-electron chi connectivity index (χ0n) is 22.7. The van der Waals surface area contributed by atoms with Gasteiger partial charge in [0.2, 0.25) is 5.91 Å². The number of ether oxygens (including phenoxy) is 2. The van der Waals surface area contributed by atoms with Crippen LogP contribution >= 0.6 is 0 Å². The summed E-state index contributed by atoms with van der Waals surface area (Å²) < 4.78 is 10.6. The molecule has 38 heavy (non-hydrogen) atoms. The van der Waals surface area contributed by atoms with E-state index in [0.717, 1.165) is 25.7 Å².